The number of amides is 1. The second kappa shape index (κ2) is 7.68. The van der Waals surface area contributed by atoms with Crippen LogP contribution in [0.5, 0.6) is 5.75 Å². The maximum absolute atomic E-state index is 12.5. The van der Waals surface area contributed by atoms with Gasteiger partial charge in [-0.2, -0.15) is 0 Å². The molecule has 2 aromatic rings. The molecule has 0 aliphatic carbocycles. The van der Waals surface area contributed by atoms with Gasteiger partial charge in [-0.1, -0.05) is 15.9 Å². The molecule has 0 aliphatic heterocycles. The van der Waals surface area contributed by atoms with Crippen LogP contribution in [0.4, 0.5) is 0 Å². The van der Waals surface area contributed by atoms with E-state index < -0.39 is 15.9 Å². The third kappa shape index (κ3) is 4.38. The standard InChI is InChI=1S/C14H15Br2N3O4S/c1-3-23-12-5-4-9(15)7-13(12)24(21,22)18-17-14(20)11-6-10(16)8-19(11)2/h4-8,18H,3H2,1-2H3,(H,17,20). The number of hydrogen-bond acceptors (Lipinski definition) is 4. The van der Waals surface area contributed by atoms with Crippen molar-refractivity contribution in [3.8, 4) is 5.75 Å². The molecule has 1 aromatic heterocycles. The Morgan fingerprint density at radius 2 is 1.96 bits per heavy atom. The number of hydrogen-bond donors (Lipinski definition) is 2. The molecule has 0 fully saturated rings. The SMILES string of the molecule is CCOc1ccc(Br)cc1S(=O)(=O)NNC(=O)c1cc(Br)cn1C. The van der Waals surface area contributed by atoms with Gasteiger partial charge in [-0.15, -0.1) is 4.83 Å². The first-order valence-electron chi connectivity index (χ1n) is 6.81. The molecule has 1 amide bonds. The molecule has 2 N–H and O–H groups in total. The Hall–Kier alpha value is -1.36. The fraction of sp³-hybridized carbons (Fsp3) is 0.214. The molecule has 7 nitrogen and oxygen atoms in total. The molecule has 24 heavy (non-hydrogen) atoms. The summed E-state index contributed by atoms with van der Waals surface area (Å²) in [6, 6.07) is 6.19. The minimum atomic E-state index is -4.00. The number of benzene rings is 1. The van der Waals surface area contributed by atoms with Crippen molar-refractivity contribution < 1.29 is 17.9 Å². The van der Waals surface area contributed by atoms with Gasteiger partial charge in [0.25, 0.3) is 15.9 Å². The predicted octanol–water partition coefficient (Wildman–Crippen LogP) is 2.57. The quantitative estimate of drug-likeness (QED) is 0.622. The van der Waals surface area contributed by atoms with Gasteiger partial charge in [0.1, 0.15) is 16.3 Å². The summed E-state index contributed by atoms with van der Waals surface area (Å²) < 4.78 is 33.1. The molecule has 0 aliphatic rings. The van der Waals surface area contributed by atoms with Crippen molar-refractivity contribution in [2.24, 2.45) is 7.05 Å². The minimum absolute atomic E-state index is 0.0768. The highest BCUT2D eigenvalue weighted by atomic mass is 79.9. The van der Waals surface area contributed by atoms with Crippen molar-refractivity contribution >= 4 is 47.8 Å². The first-order valence-corrected chi connectivity index (χ1v) is 9.88. The van der Waals surface area contributed by atoms with Crippen molar-refractivity contribution in [3.05, 3.63) is 45.1 Å². The van der Waals surface area contributed by atoms with Crippen molar-refractivity contribution in [2.45, 2.75) is 11.8 Å². The average molecular weight is 481 g/mol. The summed E-state index contributed by atoms with van der Waals surface area (Å²) in [6.45, 7) is 2.06. The molecule has 2 rings (SSSR count). The topological polar surface area (TPSA) is 89.4 Å². The summed E-state index contributed by atoms with van der Waals surface area (Å²) in [5, 5.41) is 0. The summed E-state index contributed by atoms with van der Waals surface area (Å²) in [5.74, 6) is -0.385. The third-order valence-corrected chi connectivity index (χ3v) is 5.19. The molecule has 1 heterocycles. The molecule has 0 saturated heterocycles. The van der Waals surface area contributed by atoms with Gasteiger partial charge in [0.15, 0.2) is 0 Å². The Morgan fingerprint density at radius 3 is 2.54 bits per heavy atom. The minimum Gasteiger partial charge on any atom is -0.492 e. The van der Waals surface area contributed by atoms with Crippen molar-refractivity contribution in [1.82, 2.24) is 14.8 Å². The lowest BCUT2D eigenvalue weighted by Crippen LogP contribution is -2.42. The third-order valence-electron chi connectivity index (χ3n) is 3.00. The fourth-order valence-electron chi connectivity index (χ4n) is 1.95. The number of halogens is 2. The van der Waals surface area contributed by atoms with Crippen molar-refractivity contribution in [2.75, 3.05) is 6.61 Å². The van der Waals surface area contributed by atoms with E-state index in [4.69, 9.17) is 4.74 Å². The van der Waals surface area contributed by atoms with Gasteiger partial charge in [-0.3, -0.25) is 10.2 Å². The molecule has 0 unspecified atom stereocenters. The highest BCUT2D eigenvalue weighted by molar-refractivity contribution is 9.10. The number of nitrogens with zero attached hydrogens (tertiary/aromatic N) is 1. The van der Waals surface area contributed by atoms with E-state index in [1.54, 1.807) is 36.9 Å². The van der Waals surface area contributed by atoms with Crippen LogP contribution >= 0.6 is 31.9 Å². The monoisotopic (exact) mass is 479 g/mol. The number of aryl methyl sites for hydroxylation is 1. The molecular formula is C14H15Br2N3O4S. The maximum atomic E-state index is 12.5. The summed E-state index contributed by atoms with van der Waals surface area (Å²) in [7, 11) is -2.33. The van der Waals surface area contributed by atoms with Gasteiger partial charge in [-0.25, -0.2) is 8.42 Å². The number of carbonyl (C=O) groups excluding carboxylic acids is 1. The Labute approximate surface area is 156 Å². The lowest BCUT2D eigenvalue weighted by atomic mass is 10.3. The molecule has 1 aromatic carbocycles. The van der Waals surface area contributed by atoms with Crippen LogP contribution in [0.25, 0.3) is 0 Å². The number of sulfonamides is 1. The normalized spacial score (nSPS) is 11.3. The van der Waals surface area contributed by atoms with E-state index in [1.807, 2.05) is 0 Å². The van der Waals surface area contributed by atoms with Crippen LogP contribution in [0, 0.1) is 0 Å². The van der Waals surface area contributed by atoms with Crippen molar-refractivity contribution in [3.63, 3.8) is 0 Å². The molecule has 0 bridgehead atoms. The van der Waals surface area contributed by atoms with Gasteiger partial charge in [0.2, 0.25) is 0 Å². The fourth-order valence-corrected chi connectivity index (χ4v) is 4.00. The van der Waals surface area contributed by atoms with E-state index >= 15 is 0 Å². The van der Waals surface area contributed by atoms with E-state index in [9.17, 15) is 13.2 Å². The molecule has 10 heteroatoms. The second-order valence-corrected chi connectivity index (χ2v) is 8.22. The highest BCUT2D eigenvalue weighted by Crippen LogP contribution is 2.27. The number of carbonyl (C=O) groups is 1. The molecule has 0 radical (unpaired) electrons. The Balaban J connectivity index is 2.21. The zero-order valence-electron chi connectivity index (χ0n) is 12.8. The Kier molecular flexibility index (Phi) is 6.07. The van der Waals surface area contributed by atoms with Gasteiger partial charge in [-0.05, 0) is 47.1 Å². The maximum Gasteiger partial charge on any atom is 0.282 e. The summed E-state index contributed by atoms with van der Waals surface area (Å²) in [5.41, 5.74) is 2.49. The summed E-state index contributed by atoms with van der Waals surface area (Å²) in [4.78, 5) is 14.1. The van der Waals surface area contributed by atoms with E-state index in [0.717, 1.165) is 0 Å². The lowest BCUT2D eigenvalue weighted by molar-refractivity contribution is 0.0937. The highest BCUT2D eigenvalue weighted by Gasteiger charge is 2.22. The number of rotatable bonds is 6. The lowest BCUT2D eigenvalue weighted by Gasteiger charge is -2.13. The average Bonchev–Trinajstić information content (AvgIpc) is 2.85. The van der Waals surface area contributed by atoms with Crippen LogP contribution in [0.1, 0.15) is 17.4 Å². The summed E-state index contributed by atoms with van der Waals surface area (Å²) >= 11 is 6.48. The van der Waals surface area contributed by atoms with E-state index in [2.05, 4.69) is 42.1 Å². The molecular weight excluding hydrogens is 466 g/mol. The molecule has 130 valence electrons. The van der Waals surface area contributed by atoms with Gasteiger partial charge >= 0.3 is 0 Å². The van der Waals surface area contributed by atoms with E-state index in [1.165, 1.54) is 12.1 Å². The first-order chi connectivity index (χ1) is 11.2. The zero-order chi connectivity index (χ0) is 17.9. The number of ether oxygens (including phenoxy) is 1. The number of nitrogens with one attached hydrogen (secondary N) is 2. The number of hydrazine groups is 1. The van der Waals surface area contributed by atoms with Crippen molar-refractivity contribution in [1.29, 1.82) is 0 Å². The smallest absolute Gasteiger partial charge is 0.282 e. The van der Waals surface area contributed by atoms with Crippen LogP contribution in [0.15, 0.2) is 44.3 Å². The van der Waals surface area contributed by atoms with Crippen LogP contribution in [0.3, 0.4) is 0 Å². The van der Waals surface area contributed by atoms with Crippen LogP contribution < -0.4 is 15.0 Å². The first kappa shape index (κ1) is 19.0. The zero-order valence-corrected chi connectivity index (χ0v) is 16.8. The van der Waals surface area contributed by atoms with Crippen LogP contribution in [0.2, 0.25) is 0 Å². The van der Waals surface area contributed by atoms with Gasteiger partial charge < -0.3 is 9.30 Å². The molecule has 0 atom stereocenters. The molecule has 0 spiro atoms. The van der Waals surface area contributed by atoms with E-state index in [-0.39, 0.29) is 10.6 Å². The van der Waals surface area contributed by atoms with Crippen LogP contribution in [-0.4, -0.2) is 25.5 Å². The van der Waals surface area contributed by atoms with Gasteiger partial charge in [0, 0.05) is 22.2 Å². The Bertz CT molecular complexity index is 865. The van der Waals surface area contributed by atoms with Crippen LogP contribution in [-0.2, 0) is 17.1 Å². The number of aromatic nitrogens is 1. The second-order valence-electron chi connectivity index (χ2n) is 4.74. The predicted molar refractivity (Wildman–Crippen MR) is 96.2 cm³/mol. The van der Waals surface area contributed by atoms with Gasteiger partial charge in [0.05, 0.1) is 6.61 Å². The largest absolute Gasteiger partial charge is 0.492 e. The Morgan fingerprint density at radius 1 is 1.25 bits per heavy atom. The molecule has 0 saturated carbocycles. The summed E-state index contributed by atoms with van der Waals surface area (Å²) in [6.07, 6.45) is 1.69. The van der Waals surface area contributed by atoms with E-state index in [0.29, 0.717) is 21.2 Å².